The van der Waals surface area contributed by atoms with E-state index in [2.05, 4.69) is 58.1 Å². The van der Waals surface area contributed by atoms with Gasteiger partial charge >= 0.3 is 0 Å². The second kappa shape index (κ2) is 10.1. The van der Waals surface area contributed by atoms with Crippen molar-refractivity contribution in [2.75, 3.05) is 26.2 Å². The normalized spacial score (nSPS) is 18.7. The van der Waals surface area contributed by atoms with Crippen molar-refractivity contribution in [3.05, 3.63) is 48.0 Å². The van der Waals surface area contributed by atoms with E-state index >= 15 is 0 Å². The molecule has 0 atom stereocenters. The molecule has 5 heteroatoms. The van der Waals surface area contributed by atoms with Crippen LogP contribution in [0.4, 0.5) is 0 Å². The van der Waals surface area contributed by atoms with E-state index in [9.17, 15) is 4.79 Å². The second-order valence-corrected chi connectivity index (χ2v) is 7.49. The van der Waals surface area contributed by atoms with Crippen LogP contribution in [-0.2, 0) is 11.2 Å². The predicted molar refractivity (Wildman–Crippen MR) is 111 cm³/mol. The smallest absolute Gasteiger partial charge is 0.244 e. The number of likely N-dealkylation sites (tertiary alicyclic amines) is 1. The molecule has 5 nitrogen and oxygen atoms in total. The molecule has 0 aromatic heterocycles. The maximum atomic E-state index is 12.6. The Morgan fingerprint density at radius 1 is 1.15 bits per heavy atom. The average molecular weight is 369 g/mol. The quantitative estimate of drug-likeness (QED) is 0.461. The molecule has 1 heterocycles. The minimum Gasteiger partial charge on any atom is -0.357 e. The van der Waals surface area contributed by atoms with Crippen molar-refractivity contribution in [1.82, 2.24) is 15.5 Å². The Morgan fingerprint density at radius 2 is 1.85 bits per heavy atom. The number of amides is 1. The fraction of sp³-hybridized carbons (Fsp3) is 0.545. The van der Waals surface area contributed by atoms with Gasteiger partial charge in [-0.05, 0) is 50.5 Å². The van der Waals surface area contributed by atoms with E-state index in [1.807, 2.05) is 11.8 Å². The number of nitrogens with zero attached hydrogens (tertiary/aromatic N) is 2. The lowest BCUT2D eigenvalue weighted by Crippen LogP contribution is -2.44. The van der Waals surface area contributed by atoms with Gasteiger partial charge in [0.15, 0.2) is 5.96 Å². The number of rotatable bonds is 6. The molecule has 27 heavy (non-hydrogen) atoms. The molecule has 1 fully saturated rings. The first-order valence-corrected chi connectivity index (χ1v) is 10.3. The molecule has 2 aliphatic rings. The largest absolute Gasteiger partial charge is 0.357 e. The van der Waals surface area contributed by atoms with Crippen molar-refractivity contribution in [3.8, 4) is 0 Å². The number of hydrogen-bond acceptors (Lipinski definition) is 2. The molecule has 1 amide bonds. The highest BCUT2D eigenvalue weighted by Crippen LogP contribution is 2.21. The molecule has 1 saturated heterocycles. The third kappa shape index (κ3) is 6.12. The summed E-state index contributed by atoms with van der Waals surface area (Å²) in [6, 6.07) is 11.0. The van der Waals surface area contributed by atoms with Crippen LogP contribution in [-0.4, -0.2) is 49.0 Å². The van der Waals surface area contributed by atoms with E-state index in [-0.39, 0.29) is 12.5 Å². The van der Waals surface area contributed by atoms with Crippen LogP contribution in [0.25, 0.3) is 0 Å². The highest BCUT2D eigenvalue weighted by molar-refractivity contribution is 5.85. The summed E-state index contributed by atoms with van der Waals surface area (Å²) in [5.41, 5.74) is 1.40. The fourth-order valence-corrected chi connectivity index (χ4v) is 3.83. The summed E-state index contributed by atoms with van der Waals surface area (Å²) in [6.45, 7) is 4.76. The molecule has 0 bridgehead atoms. The van der Waals surface area contributed by atoms with Gasteiger partial charge in [-0.1, -0.05) is 42.5 Å². The number of benzene rings is 1. The van der Waals surface area contributed by atoms with Crippen LogP contribution in [0.5, 0.6) is 0 Å². The van der Waals surface area contributed by atoms with E-state index in [1.54, 1.807) is 0 Å². The van der Waals surface area contributed by atoms with Crippen LogP contribution in [0.2, 0.25) is 0 Å². The number of aliphatic imine (C=N–C) groups is 1. The monoisotopic (exact) mass is 368 g/mol. The Balaban J connectivity index is 1.43. The molecule has 2 N–H and O–H groups in total. The Hall–Kier alpha value is -2.30. The van der Waals surface area contributed by atoms with Crippen LogP contribution in [0, 0.1) is 5.92 Å². The highest BCUT2D eigenvalue weighted by atomic mass is 16.2. The van der Waals surface area contributed by atoms with Crippen LogP contribution < -0.4 is 10.6 Å². The van der Waals surface area contributed by atoms with Gasteiger partial charge in [-0.3, -0.25) is 4.79 Å². The van der Waals surface area contributed by atoms with Crippen LogP contribution >= 0.6 is 0 Å². The van der Waals surface area contributed by atoms with Crippen molar-refractivity contribution >= 4 is 11.9 Å². The Kier molecular flexibility index (Phi) is 7.31. The lowest BCUT2D eigenvalue weighted by molar-refractivity contribution is -0.130. The maximum absolute atomic E-state index is 12.6. The summed E-state index contributed by atoms with van der Waals surface area (Å²) in [5.74, 6) is 1.56. The predicted octanol–water partition coefficient (Wildman–Crippen LogP) is 2.74. The first-order valence-electron chi connectivity index (χ1n) is 10.3. The molecular weight excluding hydrogens is 336 g/mol. The van der Waals surface area contributed by atoms with Gasteiger partial charge in [-0.2, -0.15) is 0 Å². The number of carbonyl (C=O) groups excluding carboxylic acids is 1. The molecule has 0 spiro atoms. The third-order valence-corrected chi connectivity index (χ3v) is 5.40. The van der Waals surface area contributed by atoms with E-state index in [1.165, 1.54) is 5.56 Å². The first-order chi connectivity index (χ1) is 13.2. The number of carbonyl (C=O) groups is 1. The van der Waals surface area contributed by atoms with Gasteiger partial charge in [0.2, 0.25) is 5.91 Å². The summed E-state index contributed by atoms with van der Waals surface area (Å²) in [7, 11) is 0. The van der Waals surface area contributed by atoms with Gasteiger partial charge in [0, 0.05) is 25.7 Å². The third-order valence-electron chi connectivity index (χ3n) is 5.40. The zero-order valence-corrected chi connectivity index (χ0v) is 16.4. The molecule has 1 aliphatic carbocycles. The van der Waals surface area contributed by atoms with Gasteiger partial charge in [-0.25, -0.2) is 4.99 Å². The minimum absolute atomic E-state index is 0.134. The molecule has 3 rings (SSSR count). The molecule has 0 unspecified atom stereocenters. The van der Waals surface area contributed by atoms with Gasteiger partial charge in [0.1, 0.15) is 6.54 Å². The van der Waals surface area contributed by atoms with Crippen molar-refractivity contribution in [2.45, 2.75) is 45.1 Å². The molecule has 146 valence electrons. The van der Waals surface area contributed by atoms with E-state index in [4.69, 9.17) is 0 Å². The number of nitrogens with one attached hydrogen (secondary N) is 2. The van der Waals surface area contributed by atoms with Gasteiger partial charge < -0.3 is 15.5 Å². The molecule has 1 aromatic rings. The molecule has 1 aliphatic heterocycles. The Morgan fingerprint density at radius 3 is 2.52 bits per heavy atom. The van der Waals surface area contributed by atoms with Gasteiger partial charge in [-0.15, -0.1) is 0 Å². The fourth-order valence-electron chi connectivity index (χ4n) is 3.83. The van der Waals surface area contributed by atoms with Crippen LogP contribution in [0.3, 0.4) is 0 Å². The highest BCUT2D eigenvalue weighted by Gasteiger charge is 2.23. The maximum Gasteiger partial charge on any atom is 0.244 e. The van der Waals surface area contributed by atoms with Crippen molar-refractivity contribution < 1.29 is 4.79 Å². The van der Waals surface area contributed by atoms with E-state index in [0.29, 0.717) is 12.0 Å². The SMILES string of the molecule is CCNC(=NCC(=O)N1CCC(Cc2ccccc2)CC1)NC1CC=CC1. The molecular formula is C22H32N4O. The minimum atomic E-state index is 0.134. The summed E-state index contributed by atoms with van der Waals surface area (Å²) in [4.78, 5) is 19.1. The summed E-state index contributed by atoms with van der Waals surface area (Å²) in [6.07, 6.45) is 9.69. The van der Waals surface area contributed by atoms with Gasteiger partial charge in [0.25, 0.3) is 0 Å². The average Bonchev–Trinajstić information content (AvgIpc) is 3.20. The Labute approximate surface area is 162 Å². The van der Waals surface area contributed by atoms with E-state index in [0.717, 1.165) is 57.7 Å². The van der Waals surface area contributed by atoms with Crippen molar-refractivity contribution in [2.24, 2.45) is 10.9 Å². The summed E-state index contributed by atoms with van der Waals surface area (Å²) >= 11 is 0. The summed E-state index contributed by atoms with van der Waals surface area (Å²) in [5, 5.41) is 6.66. The molecule has 0 radical (unpaired) electrons. The zero-order valence-electron chi connectivity index (χ0n) is 16.4. The van der Waals surface area contributed by atoms with Crippen molar-refractivity contribution in [1.29, 1.82) is 0 Å². The summed E-state index contributed by atoms with van der Waals surface area (Å²) < 4.78 is 0. The van der Waals surface area contributed by atoms with Gasteiger partial charge in [0.05, 0.1) is 0 Å². The number of hydrogen-bond donors (Lipinski definition) is 2. The standard InChI is InChI=1S/C22H32N4O/c1-2-23-22(25-20-10-6-7-11-20)24-17-21(27)26-14-12-19(13-15-26)16-18-8-4-3-5-9-18/h3-9,19-20H,2,10-17H2,1H3,(H2,23,24,25). The molecule has 1 aromatic carbocycles. The topological polar surface area (TPSA) is 56.7 Å². The second-order valence-electron chi connectivity index (χ2n) is 7.49. The lowest BCUT2D eigenvalue weighted by atomic mass is 9.90. The number of guanidine groups is 1. The number of piperidine rings is 1. The Bertz CT molecular complexity index is 640. The molecule has 0 saturated carbocycles. The van der Waals surface area contributed by atoms with Crippen LogP contribution in [0.1, 0.15) is 38.2 Å². The zero-order chi connectivity index (χ0) is 18.9. The van der Waals surface area contributed by atoms with Crippen LogP contribution in [0.15, 0.2) is 47.5 Å². The van der Waals surface area contributed by atoms with Crippen molar-refractivity contribution in [3.63, 3.8) is 0 Å². The lowest BCUT2D eigenvalue weighted by Gasteiger charge is -2.32. The first kappa shape index (κ1) is 19.5. The van der Waals surface area contributed by atoms with E-state index < -0.39 is 0 Å².